The third-order valence-electron chi connectivity index (χ3n) is 3.33. The van der Waals surface area contributed by atoms with Crippen molar-refractivity contribution in [1.82, 2.24) is 15.5 Å². The van der Waals surface area contributed by atoms with Gasteiger partial charge >= 0.3 is 0 Å². The first-order valence-electron chi connectivity index (χ1n) is 6.78. The Hall–Kier alpha value is -1.73. The lowest BCUT2D eigenvalue weighted by Gasteiger charge is -2.34. The molecule has 0 bridgehead atoms. The van der Waals surface area contributed by atoms with Gasteiger partial charge in [0.05, 0.1) is 6.61 Å². The zero-order chi connectivity index (χ0) is 14.4. The van der Waals surface area contributed by atoms with Gasteiger partial charge in [-0.15, -0.1) is 5.10 Å². The summed E-state index contributed by atoms with van der Waals surface area (Å²) in [4.78, 5) is 14.0. The molecule has 1 saturated heterocycles. The Balaban J connectivity index is 1.89. The van der Waals surface area contributed by atoms with Crippen molar-refractivity contribution in [3.05, 3.63) is 18.3 Å². The summed E-state index contributed by atoms with van der Waals surface area (Å²) in [5.74, 6) is 0.672. The van der Waals surface area contributed by atoms with Gasteiger partial charge in [0.1, 0.15) is 6.04 Å². The number of amides is 1. The van der Waals surface area contributed by atoms with Crippen LogP contribution >= 0.6 is 0 Å². The Bertz CT molecular complexity index is 428. The summed E-state index contributed by atoms with van der Waals surface area (Å²) in [6.07, 6.45) is 3.60. The lowest BCUT2D eigenvalue weighted by Crippen LogP contribution is -2.53. The Morgan fingerprint density at radius 2 is 2.55 bits per heavy atom. The Morgan fingerprint density at radius 3 is 3.25 bits per heavy atom. The summed E-state index contributed by atoms with van der Waals surface area (Å²) in [6.45, 7) is 1.88. The van der Waals surface area contributed by atoms with Crippen LogP contribution in [0.25, 0.3) is 0 Å². The molecule has 1 aromatic rings. The molecule has 0 saturated carbocycles. The number of ether oxygens (including phenoxy) is 1. The zero-order valence-corrected chi connectivity index (χ0v) is 11.7. The number of aromatic nitrogens is 2. The number of hydrogen-bond donors (Lipinski definition) is 2. The Kier molecular flexibility index (Phi) is 5.25. The molecule has 1 aliphatic heterocycles. The molecule has 2 atom stereocenters. The number of nitrogens with one attached hydrogen (secondary N) is 1. The van der Waals surface area contributed by atoms with Crippen LogP contribution in [0.3, 0.4) is 0 Å². The highest BCUT2D eigenvalue weighted by Crippen LogP contribution is 2.16. The summed E-state index contributed by atoms with van der Waals surface area (Å²) < 4.78 is 4.89. The van der Waals surface area contributed by atoms with Gasteiger partial charge in [-0.3, -0.25) is 4.79 Å². The van der Waals surface area contributed by atoms with E-state index in [1.807, 2.05) is 12.1 Å². The number of carbonyl (C=O) groups excluding carboxylic acids is 1. The summed E-state index contributed by atoms with van der Waals surface area (Å²) in [5, 5.41) is 11.0. The van der Waals surface area contributed by atoms with Gasteiger partial charge in [0.25, 0.3) is 0 Å². The maximum Gasteiger partial charge on any atom is 0.239 e. The van der Waals surface area contributed by atoms with Gasteiger partial charge in [0.2, 0.25) is 5.91 Å². The van der Waals surface area contributed by atoms with E-state index in [1.165, 1.54) is 7.11 Å². The number of anilines is 1. The molecule has 0 spiro atoms. The molecule has 3 N–H and O–H groups in total. The Labute approximate surface area is 118 Å². The van der Waals surface area contributed by atoms with E-state index in [0.717, 1.165) is 31.7 Å². The summed E-state index contributed by atoms with van der Waals surface area (Å²) in [6, 6.07) is 3.25. The van der Waals surface area contributed by atoms with Crippen molar-refractivity contribution in [2.45, 2.75) is 24.9 Å². The second kappa shape index (κ2) is 7.16. The van der Waals surface area contributed by atoms with Crippen LogP contribution in [-0.4, -0.2) is 55.0 Å². The number of rotatable bonds is 5. The smallest absolute Gasteiger partial charge is 0.239 e. The fraction of sp³-hybridized carbons (Fsp3) is 0.615. The number of nitrogens with zero attached hydrogens (tertiary/aromatic N) is 3. The van der Waals surface area contributed by atoms with Crippen LogP contribution in [-0.2, 0) is 9.53 Å². The summed E-state index contributed by atoms with van der Waals surface area (Å²) in [7, 11) is 1.53. The molecule has 0 unspecified atom stereocenters. The van der Waals surface area contributed by atoms with Crippen LogP contribution in [0.4, 0.5) is 5.82 Å². The molecule has 7 heteroatoms. The normalized spacial score (nSPS) is 20.5. The van der Waals surface area contributed by atoms with Gasteiger partial charge in [-0.1, -0.05) is 0 Å². The minimum Gasteiger partial charge on any atom is -0.383 e. The highest BCUT2D eigenvalue weighted by atomic mass is 16.5. The van der Waals surface area contributed by atoms with Crippen molar-refractivity contribution in [1.29, 1.82) is 0 Å². The van der Waals surface area contributed by atoms with Crippen molar-refractivity contribution < 1.29 is 9.53 Å². The van der Waals surface area contributed by atoms with Crippen LogP contribution in [0.15, 0.2) is 18.3 Å². The largest absolute Gasteiger partial charge is 0.383 e. The van der Waals surface area contributed by atoms with Gasteiger partial charge in [-0.2, -0.15) is 5.10 Å². The van der Waals surface area contributed by atoms with E-state index in [2.05, 4.69) is 20.4 Å². The number of methoxy groups -OCH3 is 1. The molecule has 1 aliphatic rings. The molecular weight excluding hydrogens is 258 g/mol. The lowest BCUT2D eigenvalue weighted by atomic mass is 10.1. The molecule has 0 radical (unpaired) electrons. The molecule has 1 fully saturated rings. The molecule has 0 aromatic carbocycles. The standard InChI is InChI=1S/C13H21N5O2/c1-20-9-11(14)13(19)16-10-4-3-7-18(8-10)12-5-2-6-15-17-12/h2,5-6,10-11H,3-4,7-9,14H2,1H3,(H,16,19)/t10-,11-/m1/s1. The van der Waals surface area contributed by atoms with Gasteiger partial charge in [0.15, 0.2) is 5.82 Å². The molecule has 1 aromatic heterocycles. The first kappa shape index (κ1) is 14.7. The van der Waals surface area contributed by atoms with Gasteiger partial charge in [-0.25, -0.2) is 0 Å². The van der Waals surface area contributed by atoms with Crippen LogP contribution < -0.4 is 16.0 Å². The highest BCUT2D eigenvalue weighted by Gasteiger charge is 2.24. The fourth-order valence-electron chi connectivity index (χ4n) is 2.33. The van der Waals surface area contributed by atoms with Crippen molar-refractivity contribution in [3.8, 4) is 0 Å². The molecule has 2 rings (SSSR count). The van der Waals surface area contributed by atoms with Gasteiger partial charge < -0.3 is 20.7 Å². The number of carbonyl (C=O) groups is 1. The number of piperidine rings is 1. The first-order chi connectivity index (χ1) is 9.70. The van der Waals surface area contributed by atoms with Crippen LogP contribution in [0.2, 0.25) is 0 Å². The predicted octanol–water partition coefficient (Wildman–Crippen LogP) is -0.465. The molecule has 2 heterocycles. The van der Waals surface area contributed by atoms with Crippen LogP contribution in [0.1, 0.15) is 12.8 Å². The first-order valence-corrected chi connectivity index (χ1v) is 6.78. The third-order valence-corrected chi connectivity index (χ3v) is 3.33. The zero-order valence-electron chi connectivity index (χ0n) is 11.7. The van der Waals surface area contributed by atoms with Crippen molar-refractivity contribution in [3.63, 3.8) is 0 Å². The Morgan fingerprint density at radius 1 is 1.70 bits per heavy atom. The maximum absolute atomic E-state index is 11.9. The van der Waals surface area contributed by atoms with E-state index in [-0.39, 0.29) is 18.6 Å². The van der Waals surface area contributed by atoms with Crippen molar-refractivity contribution in [2.75, 3.05) is 31.7 Å². The van der Waals surface area contributed by atoms with Crippen molar-refractivity contribution >= 4 is 11.7 Å². The van der Waals surface area contributed by atoms with E-state index in [0.29, 0.717) is 0 Å². The second-order valence-corrected chi connectivity index (χ2v) is 4.94. The number of hydrogen-bond acceptors (Lipinski definition) is 6. The topological polar surface area (TPSA) is 93.4 Å². The van der Waals surface area contributed by atoms with Gasteiger partial charge in [-0.05, 0) is 25.0 Å². The monoisotopic (exact) mass is 279 g/mol. The lowest BCUT2D eigenvalue weighted by molar-refractivity contribution is -0.124. The van der Waals surface area contributed by atoms with Crippen molar-refractivity contribution in [2.24, 2.45) is 5.73 Å². The molecular formula is C13H21N5O2. The molecule has 0 aliphatic carbocycles. The second-order valence-electron chi connectivity index (χ2n) is 4.94. The molecule has 110 valence electrons. The van der Waals surface area contributed by atoms with E-state index in [1.54, 1.807) is 6.20 Å². The fourth-order valence-corrected chi connectivity index (χ4v) is 2.33. The third kappa shape index (κ3) is 3.88. The quantitative estimate of drug-likeness (QED) is 0.757. The molecule has 7 nitrogen and oxygen atoms in total. The highest BCUT2D eigenvalue weighted by molar-refractivity contribution is 5.82. The van der Waals surface area contributed by atoms with E-state index >= 15 is 0 Å². The minimum absolute atomic E-state index is 0.0844. The predicted molar refractivity (Wildman–Crippen MR) is 75.3 cm³/mol. The molecule has 1 amide bonds. The maximum atomic E-state index is 11.9. The molecule has 20 heavy (non-hydrogen) atoms. The van der Waals surface area contributed by atoms with E-state index in [4.69, 9.17) is 10.5 Å². The van der Waals surface area contributed by atoms with Crippen LogP contribution in [0.5, 0.6) is 0 Å². The van der Waals surface area contributed by atoms with E-state index in [9.17, 15) is 4.79 Å². The number of nitrogens with two attached hydrogens (primary N) is 1. The van der Waals surface area contributed by atoms with Gasteiger partial charge in [0, 0.05) is 32.4 Å². The summed E-state index contributed by atoms with van der Waals surface area (Å²) >= 11 is 0. The van der Waals surface area contributed by atoms with E-state index < -0.39 is 6.04 Å². The average Bonchev–Trinajstić information content (AvgIpc) is 2.48. The summed E-state index contributed by atoms with van der Waals surface area (Å²) in [5.41, 5.74) is 5.72. The SMILES string of the molecule is COC[C@@H](N)C(=O)N[C@@H]1CCCN(c2cccnn2)C1. The average molecular weight is 279 g/mol. The van der Waals surface area contributed by atoms with Crippen LogP contribution in [0, 0.1) is 0 Å². The minimum atomic E-state index is -0.619.